The first-order valence-corrected chi connectivity index (χ1v) is 10.4. The number of hydrogen-bond donors (Lipinski definition) is 1. The molecule has 26 heavy (non-hydrogen) atoms. The molecule has 0 aliphatic rings. The van der Waals surface area contributed by atoms with Crippen LogP contribution in [0, 0.1) is 20.8 Å². The Morgan fingerprint density at radius 2 is 1.77 bits per heavy atom. The van der Waals surface area contributed by atoms with E-state index in [9.17, 15) is 13.2 Å². The summed E-state index contributed by atoms with van der Waals surface area (Å²) < 4.78 is 25.9. The van der Waals surface area contributed by atoms with Crippen LogP contribution in [-0.4, -0.2) is 26.6 Å². The molecule has 1 amide bonds. The Labute approximate surface area is 160 Å². The maximum atomic E-state index is 12.7. The van der Waals surface area contributed by atoms with Crippen molar-refractivity contribution in [2.75, 3.05) is 15.9 Å². The van der Waals surface area contributed by atoms with Crippen molar-refractivity contribution in [2.45, 2.75) is 33.7 Å². The van der Waals surface area contributed by atoms with Gasteiger partial charge in [-0.2, -0.15) is 0 Å². The largest absolute Gasteiger partial charge is 0.324 e. The number of amides is 1. The van der Waals surface area contributed by atoms with Crippen molar-refractivity contribution in [3.8, 4) is 0 Å². The molecule has 0 fully saturated rings. The third kappa shape index (κ3) is 4.37. The van der Waals surface area contributed by atoms with E-state index in [1.54, 1.807) is 44.2 Å². The number of hydrogen-bond acceptors (Lipinski definition) is 3. The Kier molecular flexibility index (Phi) is 5.98. The van der Waals surface area contributed by atoms with Gasteiger partial charge in [0.25, 0.3) is 0 Å². The van der Waals surface area contributed by atoms with Gasteiger partial charge in [0, 0.05) is 10.7 Å². The van der Waals surface area contributed by atoms with Gasteiger partial charge in [0.05, 0.1) is 11.9 Å². The molecule has 0 bridgehead atoms. The molecular weight excluding hydrogens is 372 g/mol. The van der Waals surface area contributed by atoms with Crippen molar-refractivity contribution in [2.24, 2.45) is 0 Å². The van der Waals surface area contributed by atoms with Crippen LogP contribution in [0.3, 0.4) is 0 Å². The molecule has 140 valence electrons. The Hall–Kier alpha value is -2.05. The summed E-state index contributed by atoms with van der Waals surface area (Å²) in [6, 6.07) is 9.58. The minimum absolute atomic E-state index is 0.431. The highest BCUT2D eigenvalue weighted by molar-refractivity contribution is 7.92. The molecule has 2 aromatic carbocycles. The van der Waals surface area contributed by atoms with Gasteiger partial charge in [0.2, 0.25) is 15.9 Å². The number of sulfonamides is 1. The highest BCUT2D eigenvalue weighted by Crippen LogP contribution is 2.26. The van der Waals surface area contributed by atoms with Crippen LogP contribution in [0.15, 0.2) is 36.4 Å². The van der Waals surface area contributed by atoms with Crippen molar-refractivity contribution in [1.82, 2.24) is 0 Å². The first-order chi connectivity index (χ1) is 12.0. The van der Waals surface area contributed by atoms with E-state index >= 15 is 0 Å². The lowest BCUT2D eigenvalue weighted by molar-refractivity contribution is -0.116. The summed E-state index contributed by atoms with van der Waals surface area (Å²) in [6.07, 6.45) is 1.09. The quantitative estimate of drug-likeness (QED) is 0.831. The van der Waals surface area contributed by atoms with Crippen LogP contribution < -0.4 is 9.62 Å². The topological polar surface area (TPSA) is 66.5 Å². The number of halogens is 1. The first-order valence-electron chi connectivity index (χ1n) is 8.15. The van der Waals surface area contributed by atoms with Gasteiger partial charge in [0.1, 0.15) is 6.04 Å². The minimum atomic E-state index is -3.66. The summed E-state index contributed by atoms with van der Waals surface area (Å²) in [7, 11) is -3.66. The Morgan fingerprint density at radius 1 is 1.12 bits per heavy atom. The third-order valence-corrected chi connectivity index (χ3v) is 6.01. The van der Waals surface area contributed by atoms with Crippen LogP contribution in [0.5, 0.6) is 0 Å². The maximum Gasteiger partial charge on any atom is 0.248 e. The molecule has 0 heterocycles. The third-order valence-electron chi connectivity index (χ3n) is 4.36. The van der Waals surface area contributed by atoms with E-state index in [1.807, 2.05) is 19.9 Å². The summed E-state index contributed by atoms with van der Waals surface area (Å²) >= 11 is 6.08. The lowest BCUT2D eigenvalue weighted by Crippen LogP contribution is -2.45. The molecule has 0 unspecified atom stereocenters. The SMILES string of the molecule is Cc1ccc(N([C@H](C)C(=O)Nc2cccc(Cl)c2C)S(C)(=O)=O)cc1C. The number of anilines is 2. The van der Waals surface area contributed by atoms with E-state index in [4.69, 9.17) is 11.6 Å². The first kappa shape index (κ1) is 20.3. The highest BCUT2D eigenvalue weighted by Gasteiger charge is 2.29. The summed E-state index contributed by atoms with van der Waals surface area (Å²) in [5.41, 5.74) is 3.75. The Balaban J connectivity index is 2.37. The second-order valence-electron chi connectivity index (χ2n) is 6.40. The molecule has 0 saturated carbocycles. The summed E-state index contributed by atoms with van der Waals surface area (Å²) in [6.45, 7) is 7.20. The molecule has 1 atom stereocenters. The van der Waals surface area contributed by atoms with E-state index in [0.29, 0.717) is 16.4 Å². The smallest absolute Gasteiger partial charge is 0.248 e. The van der Waals surface area contributed by atoms with E-state index < -0.39 is 22.0 Å². The van der Waals surface area contributed by atoms with Crippen molar-refractivity contribution in [3.63, 3.8) is 0 Å². The molecule has 2 aromatic rings. The maximum absolute atomic E-state index is 12.7. The molecule has 1 N–H and O–H groups in total. The number of carbonyl (C=O) groups is 1. The molecule has 7 heteroatoms. The van der Waals surface area contributed by atoms with Gasteiger partial charge in [0.15, 0.2) is 0 Å². The molecular formula is C19H23ClN2O3S. The van der Waals surface area contributed by atoms with Crippen LogP contribution in [-0.2, 0) is 14.8 Å². The summed E-state index contributed by atoms with van der Waals surface area (Å²) in [5.74, 6) is -0.431. The number of benzene rings is 2. The van der Waals surface area contributed by atoms with E-state index in [2.05, 4.69) is 5.32 Å². The van der Waals surface area contributed by atoms with Gasteiger partial charge in [-0.15, -0.1) is 0 Å². The summed E-state index contributed by atoms with van der Waals surface area (Å²) in [4.78, 5) is 12.7. The zero-order valence-corrected chi connectivity index (χ0v) is 17.1. The van der Waals surface area contributed by atoms with Gasteiger partial charge in [-0.05, 0) is 68.7 Å². The van der Waals surface area contributed by atoms with Crippen LogP contribution in [0.25, 0.3) is 0 Å². The molecule has 2 rings (SSSR count). The van der Waals surface area contributed by atoms with Crippen LogP contribution in [0.2, 0.25) is 5.02 Å². The molecule has 0 spiro atoms. The summed E-state index contributed by atoms with van der Waals surface area (Å²) in [5, 5.41) is 3.30. The number of aryl methyl sites for hydroxylation is 2. The zero-order valence-electron chi connectivity index (χ0n) is 15.5. The van der Waals surface area contributed by atoms with Crippen molar-refractivity contribution in [1.29, 1.82) is 0 Å². The Bertz CT molecular complexity index is 942. The number of carbonyl (C=O) groups excluding carboxylic acids is 1. The highest BCUT2D eigenvalue weighted by atomic mass is 35.5. The van der Waals surface area contributed by atoms with Gasteiger partial charge in [-0.25, -0.2) is 8.42 Å². The average molecular weight is 395 g/mol. The van der Waals surface area contributed by atoms with Crippen molar-refractivity contribution < 1.29 is 13.2 Å². The fraction of sp³-hybridized carbons (Fsp3) is 0.316. The van der Waals surface area contributed by atoms with Gasteiger partial charge >= 0.3 is 0 Å². The van der Waals surface area contributed by atoms with Crippen LogP contribution >= 0.6 is 11.6 Å². The number of nitrogens with one attached hydrogen (secondary N) is 1. The van der Waals surface area contributed by atoms with Gasteiger partial charge in [-0.3, -0.25) is 9.10 Å². The minimum Gasteiger partial charge on any atom is -0.324 e. The lowest BCUT2D eigenvalue weighted by Gasteiger charge is -2.29. The lowest BCUT2D eigenvalue weighted by atomic mass is 10.1. The van der Waals surface area contributed by atoms with E-state index in [0.717, 1.165) is 27.3 Å². The van der Waals surface area contributed by atoms with E-state index in [1.165, 1.54) is 0 Å². The van der Waals surface area contributed by atoms with Crippen LogP contribution in [0.1, 0.15) is 23.6 Å². The molecule has 0 radical (unpaired) electrons. The molecule has 0 aromatic heterocycles. The second-order valence-corrected chi connectivity index (χ2v) is 8.67. The van der Waals surface area contributed by atoms with Gasteiger partial charge in [-0.1, -0.05) is 23.7 Å². The number of nitrogens with zero attached hydrogens (tertiary/aromatic N) is 1. The normalized spacial score (nSPS) is 12.5. The fourth-order valence-corrected chi connectivity index (χ4v) is 3.99. The Morgan fingerprint density at radius 3 is 2.35 bits per heavy atom. The van der Waals surface area contributed by atoms with Crippen LogP contribution in [0.4, 0.5) is 11.4 Å². The zero-order chi connectivity index (χ0) is 19.6. The number of rotatable bonds is 5. The van der Waals surface area contributed by atoms with Crippen molar-refractivity contribution >= 4 is 38.9 Å². The molecule has 0 aliphatic heterocycles. The van der Waals surface area contributed by atoms with Crippen molar-refractivity contribution in [3.05, 3.63) is 58.1 Å². The predicted molar refractivity (Wildman–Crippen MR) is 108 cm³/mol. The monoisotopic (exact) mass is 394 g/mol. The molecule has 0 aliphatic carbocycles. The predicted octanol–water partition coefficient (Wildman–Crippen LogP) is 4.06. The fourth-order valence-electron chi connectivity index (χ4n) is 2.65. The standard InChI is InChI=1S/C19H23ClN2O3S/c1-12-9-10-16(11-13(12)2)22(26(5,24)25)15(4)19(23)21-18-8-6-7-17(20)14(18)3/h6-11,15H,1-5H3,(H,21,23)/t15-/m1/s1. The van der Waals surface area contributed by atoms with E-state index in [-0.39, 0.29) is 0 Å². The second kappa shape index (κ2) is 7.68. The molecule has 0 saturated heterocycles. The molecule has 5 nitrogen and oxygen atoms in total. The average Bonchev–Trinajstić information content (AvgIpc) is 2.54. The van der Waals surface area contributed by atoms with Gasteiger partial charge < -0.3 is 5.32 Å².